The average Bonchev–Trinajstić information content (AvgIpc) is 2.98. The minimum absolute atomic E-state index is 0.117. The van der Waals surface area contributed by atoms with Crippen molar-refractivity contribution < 1.29 is 4.79 Å². The van der Waals surface area contributed by atoms with Crippen LogP contribution in [0.25, 0.3) is 11.4 Å². The predicted molar refractivity (Wildman–Crippen MR) is 105 cm³/mol. The van der Waals surface area contributed by atoms with Crippen LogP contribution in [0.3, 0.4) is 0 Å². The molecule has 5 nitrogen and oxygen atoms in total. The molecule has 0 aliphatic carbocycles. The Labute approximate surface area is 155 Å². The van der Waals surface area contributed by atoms with Crippen molar-refractivity contribution in [2.75, 3.05) is 24.5 Å². The molecule has 1 saturated heterocycles. The Hall–Kier alpha value is -2.43. The zero-order chi connectivity index (χ0) is 18.2. The number of aromatic nitrogens is 2. The largest absolute Gasteiger partial charge is 0.356 e. The quantitative estimate of drug-likeness (QED) is 0.797. The van der Waals surface area contributed by atoms with Crippen molar-refractivity contribution in [1.82, 2.24) is 15.3 Å². The highest BCUT2D eigenvalue weighted by Gasteiger charge is 2.17. The van der Waals surface area contributed by atoms with E-state index in [2.05, 4.69) is 22.1 Å². The van der Waals surface area contributed by atoms with E-state index in [1.54, 1.807) is 0 Å². The summed E-state index contributed by atoms with van der Waals surface area (Å²) in [6.07, 6.45) is 6.89. The second-order valence-corrected chi connectivity index (χ2v) is 6.81. The van der Waals surface area contributed by atoms with Crippen LogP contribution in [0.5, 0.6) is 0 Å². The monoisotopic (exact) mass is 352 g/mol. The highest BCUT2D eigenvalue weighted by atomic mass is 16.1. The summed E-state index contributed by atoms with van der Waals surface area (Å²) in [5.41, 5.74) is 1.39. The number of benzene rings is 1. The fourth-order valence-corrected chi connectivity index (χ4v) is 3.20. The maximum atomic E-state index is 12.6. The Morgan fingerprint density at radius 3 is 2.50 bits per heavy atom. The Morgan fingerprint density at radius 2 is 1.81 bits per heavy atom. The van der Waals surface area contributed by atoms with Gasteiger partial charge in [-0.05, 0) is 19.3 Å². The van der Waals surface area contributed by atoms with Crippen LogP contribution in [0.1, 0.15) is 55.9 Å². The summed E-state index contributed by atoms with van der Waals surface area (Å²) in [6, 6.07) is 11.7. The zero-order valence-electron chi connectivity index (χ0n) is 15.6. The van der Waals surface area contributed by atoms with Crippen LogP contribution in [-0.2, 0) is 0 Å². The number of carbonyl (C=O) groups is 1. The van der Waals surface area contributed by atoms with Crippen LogP contribution in [-0.4, -0.2) is 35.5 Å². The molecule has 0 saturated carbocycles. The number of amides is 1. The highest BCUT2D eigenvalue weighted by molar-refractivity contribution is 5.93. The van der Waals surface area contributed by atoms with Crippen LogP contribution >= 0.6 is 0 Å². The van der Waals surface area contributed by atoms with Crippen LogP contribution in [0.2, 0.25) is 0 Å². The molecule has 1 aliphatic rings. The van der Waals surface area contributed by atoms with Crippen LogP contribution in [0.15, 0.2) is 36.4 Å². The van der Waals surface area contributed by atoms with Gasteiger partial charge in [-0.2, -0.15) is 0 Å². The van der Waals surface area contributed by atoms with E-state index in [0.717, 1.165) is 37.3 Å². The number of anilines is 1. The van der Waals surface area contributed by atoms with E-state index in [0.29, 0.717) is 18.1 Å². The molecular weight excluding hydrogens is 324 g/mol. The van der Waals surface area contributed by atoms with Gasteiger partial charge in [0, 0.05) is 31.3 Å². The molecule has 3 rings (SSSR count). The molecule has 2 heterocycles. The molecular formula is C21H28N4O. The Bertz CT molecular complexity index is 709. The molecule has 5 heteroatoms. The molecule has 1 aromatic carbocycles. The fourth-order valence-electron chi connectivity index (χ4n) is 3.20. The van der Waals surface area contributed by atoms with Crippen LogP contribution in [0.4, 0.5) is 5.82 Å². The number of carbonyl (C=O) groups excluding carboxylic acids is 1. The average molecular weight is 352 g/mol. The van der Waals surface area contributed by atoms with Gasteiger partial charge in [0.2, 0.25) is 0 Å². The van der Waals surface area contributed by atoms with Gasteiger partial charge < -0.3 is 10.2 Å². The van der Waals surface area contributed by atoms with E-state index in [1.165, 1.54) is 25.7 Å². The molecule has 1 fully saturated rings. The molecule has 0 bridgehead atoms. The van der Waals surface area contributed by atoms with Gasteiger partial charge in [0.15, 0.2) is 5.82 Å². The summed E-state index contributed by atoms with van der Waals surface area (Å²) < 4.78 is 0. The van der Waals surface area contributed by atoms with E-state index < -0.39 is 0 Å². The lowest BCUT2D eigenvalue weighted by atomic mass is 10.2. The molecule has 1 N–H and O–H groups in total. The van der Waals surface area contributed by atoms with E-state index in [-0.39, 0.29) is 5.91 Å². The molecule has 1 amide bonds. The number of hydrogen-bond acceptors (Lipinski definition) is 4. The van der Waals surface area contributed by atoms with Gasteiger partial charge in [0.1, 0.15) is 11.5 Å². The van der Waals surface area contributed by atoms with E-state index in [4.69, 9.17) is 4.98 Å². The van der Waals surface area contributed by atoms with Crippen molar-refractivity contribution in [3.8, 4) is 11.4 Å². The summed E-state index contributed by atoms with van der Waals surface area (Å²) in [6.45, 7) is 4.77. The van der Waals surface area contributed by atoms with Crippen molar-refractivity contribution in [3.05, 3.63) is 42.1 Å². The van der Waals surface area contributed by atoms with E-state index >= 15 is 0 Å². The fraction of sp³-hybridized carbons (Fsp3) is 0.476. The molecule has 0 unspecified atom stereocenters. The van der Waals surface area contributed by atoms with Crippen molar-refractivity contribution in [3.63, 3.8) is 0 Å². The standard InChI is InChI=1S/C21H28N4O/c1-2-3-13-22-21(26)18-16-19(25-14-9-4-5-10-15-25)24-20(23-18)17-11-7-6-8-12-17/h6-8,11-12,16H,2-5,9-10,13-15H2,1H3,(H,22,26). The summed E-state index contributed by atoms with van der Waals surface area (Å²) in [5.74, 6) is 1.36. The Kier molecular flexibility index (Phi) is 6.58. The minimum atomic E-state index is -0.117. The third-order valence-electron chi connectivity index (χ3n) is 4.72. The lowest BCUT2D eigenvalue weighted by Gasteiger charge is -2.22. The number of unbranched alkanes of at least 4 members (excludes halogenated alkanes) is 1. The molecule has 0 spiro atoms. The van der Waals surface area contributed by atoms with Gasteiger partial charge in [-0.15, -0.1) is 0 Å². The van der Waals surface area contributed by atoms with E-state index in [1.807, 2.05) is 36.4 Å². The third kappa shape index (κ3) is 4.81. The number of nitrogens with zero attached hydrogens (tertiary/aromatic N) is 3. The number of hydrogen-bond donors (Lipinski definition) is 1. The molecule has 0 atom stereocenters. The molecule has 0 radical (unpaired) electrons. The van der Waals surface area contributed by atoms with Gasteiger partial charge in [-0.3, -0.25) is 4.79 Å². The normalized spacial score (nSPS) is 14.7. The van der Waals surface area contributed by atoms with Crippen molar-refractivity contribution >= 4 is 11.7 Å². The predicted octanol–water partition coefficient (Wildman–Crippen LogP) is 4.05. The smallest absolute Gasteiger partial charge is 0.270 e. The van der Waals surface area contributed by atoms with Gasteiger partial charge in [-0.25, -0.2) is 9.97 Å². The first kappa shape index (κ1) is 18.4. The van der Waals surface area contributed by atoms with Crippen molar-refractivity contribution in [1.29, 1.82) is 0 Å². The molecule has 138 valence electrons. The molecule has 26 heavy (non-hydrogen) atoms. The second-order valence-electron chi connectivity index (χ2n) is 6.81. The maximum Gasteiger partial charge on any atom is 0.270 e. The van der Waals surface area contributed by atoms with Gasteiger partial charge in [0.05, 0.1) is 0 Å². The molecule has 1 aromatic heterocycles. The van der Waals surface area contributed by atoms with Crippen molar-refractivity contribution in [2.24, 2.45) is 0 Å². The van der Waals surface area contributed by atoms with Gasteiger partial charge >= 0.3 is 0 Å². The molecule has 2 aromatic rings. The first-order valence-corrected chi connectivity index (χ1v) is 9.75. The topological polar surface area (TPSA) is 58.1 Å². The SMILES string of the molecule is CCCCNC(=O)c1cc(N2CCCCCC2)nc(-c2ccccc2)n1. The van der Waals surface area contributed by atoms with Crippen LogP contribution in [0, 0.1) is 0 Å². The molecule has 1 aliphatic heterocycles. The maximum absolute atomic E-state index is 12.6. The summed E-state index contributed by atoms with van der Waals surface area (Å²) in [5, 5.41) is 2.97. The highest BCUT2D eigenvalue weighted by Crippen LogP contribution is 2.22. The van der Waals surface area contributed by atoms with Crippen molar-refractivity contribution in [2.45, 2.75) is 45.4 Å². The summed E-state index contributed by atoms with van der Waals surface area (Å²) in [4.78, 5) is 24.2. The minimum Gasteiger partial charge on any atom is -0.356 e. The number of nitrogens with one attached hydrogen (secondary N) is 1. The lowest BCUT2D eigenvalue weighted by Crippen LogP contribution is -2.28. The van der Waals surface area contributed by atoms with Gasteiger partial charge in [-0.1, -0.05) is 56.5 Å². The lowest BCUT2D eigenvalue weighted by molar-refractivity contribution is 0.0948. The van der Waals surface area contributed by atoms with Crippen LogP contribution < -0.4 is 10.2 Å². The van der Waals surface area contributed by atoms with Gasteiger partial charge in [0.25, 0.3) is 5.91 Å². The third-order valence-corrected chi connectivity index (χ3v) is 4.72. The summed E-state index contributed by atoms with van der Waals surface area (Å²) >= 11 is 0. The number of rotatable bonds is 6. The first-order chi connectivity index (χ1) is 12.8. The van der Waals surface area contributed by atoms with E-state index in [9.17, 15) is 4.79 Å². The second kappa shape index (κ2) is 9.32. The first-order valence-electron chi connectivity index (χ1n) is 9.75. The Balaban J connectivity index is 1.92. The zero-order valence-corrected chi connectivity index (χ0v) is 15.6. The summed E-state index contributed by atoms with van der Waals surface area (Å²) in [7, 11) is 0. The Morgan fingerprint density at radius 1 is 1.08 bits per heavy atom.